The van der Waals surface area contributed by atoms with Gasteiger partial charge in [-0.2, -0.15) is 0 Å². The molecule has 0 aliphatic carbocycles. The Bertz CT molecular complexity index is 346. The Balaban J connectivity index is 1.92. The van der Waals surface area contributed by atoms with E-state index in [0.717, 1.165) is 25.1 Å². The van der Waals surface area contributed by atoms with Gasteiger partial charge >= 0.3 is 0 Å². The summed E-state index contributed by atoms with van der Waals surface area (Å²) < 4.78 is 11.0. The van der Waals surface area contributed by atoms with Crippen LogP contribution in [0.3, 0.4) is 0 Å². The highest BCUT2D eigenvalue weighted by Crippen LogP contribution is 2.10. The molecule has 0 aromatic heterocycles. The van der Waals surface area contributed by atoms with Crippen LogP contribution in [-0.2, 0) is 4.74 Å². The van der Waals surface area contributed by atoms with Crippen LogP contribution in [0.5, 0.6) is 5.75 Å². The maximum absolute atomic E-state index is 10.5. The highest BCUT2D eigenvalue weighted by atomic mass is 16.5. The topological polar surface area (TPSA) is 35.5 Å². The van der Waals surface area contributed by atoms with Crippen molar-refractivity contribution in [2.75, 3.05) is 19.8 Å². The molecule has 3 heteroatoms. The zero-order chi connectivity index (χ0) is 14.5. The van der Waals surface area contributed by atoms with E-state index in [-0.39, 0.29) is 0 Å². The first-order valence-electron chi connectivity index (χ1n) is 7.62. The lowest BCUT2D eigenvalue weighted by Gasteiger charge is -2.07. The number of benzene rings is 1. The zero-order valence-corrected chi connectivity index (χ0v) is 12.5. The summed E-state index contributed by atoms with van der Waals surface area (Å²) in [5.74, 6) is 0.777. The van der Waals surface area contributed by atoms with Crippen molar-refractivity contribution < 1.29 is 14.3 Å². The summed E-state index contributed by atoms with van der Waals surface area (Å²) in [6, 6.07) is 7.11. The minimum Gasteiger partial charge on any atom is -0.491 e. The van der Waals surface area contributed by atoms with Gasteiger partial charge in [-0.25, -0.2) is 0 Å². The number of carbonyl (C=O) groups is 1. The third kappa shape index (κ3) is 7.95. The van der Waals surface area contributed by atoms with Crippen LogP contribution in [-0.4, -0.2) is 26.1 Å². The maximum Gasteiger partial charge on any atom is 0.150 e. The third-order valence-electron chi connectivity index (χ3n) is 3.15. The fourth-order valence-corrected chi connectivity index (χ4v) is 1.95. The van der Waals surface area contributed by atoms with Crippen molar-refractivity contribution in [1.29, 1.82) is 0 Å². The van der Waals surface area contributed by atoms with Crippen molar-refractivity contribution >= 4 is 6.29 Å². The number of rotatable bonds is 12. The standard InChI is InChI=1S/C17H26O3/c1-2-3-4-5-6-7-12-19-13-14-20-17-10-8-16(15-18)9-11-17/h8-11,15H,2-7,12-14H2,1H3. The minimum absolute atomic E-state index is 0.552. The van der Waals surface area contributed by atoms with Crippen molar-refractivity contribution in [2.45, 2.75) is 45.4 Å². The molecule has 0 spiro atoms. The van der Waals surface area contributed by atoms with Gasteiger partial charge in [-0.1, -0.05) is 39.0 Å². The number of hydrogen-bond acceptors (Lipinski definition) is 3. The third-order valence-corrected chi connectivity index (χ3v) is 3.15. The quantitative estimate of drug-likeness (QED) is 0.423. The summed E-state index contributed by atoms with van der Waals surface area (Å²) in [6.45, 7) is 4.22. The fourth-order valence-electron chi connectivity index (χ4n) is 1.95. The molecule has 0 bridgehead atoms. The Labute approximate surface area is 122 Å². The molecule has 0 radical (unpaired) electrons. The van der Waals surface area contributed by atoms with Gasteiger partial charge in [0.2, 0.25) is 0 Å². The van der Waals surface area contributed by atoms with E-state index in [1.807, 2.05) is 0 Å². The van der Waals surface area contributed by atoms with Crippen LogP contribution < -0.4 is 4.74 Å². The second-order valence-electron chi connectivity index (χ2n) is 4.92. The Morgan fingerprint density at radius 3 is 2.30 bits per heavy atom. The molecule has 1 aromatic carbocycles. The molecule has 3 nitrogen and oxygen atoms in total. The van der Waals surface area contributed by atoms with Crippen LogP contribution in [0.25, 0.3) is 0 Å². The molecule has 1 rings (SSSR count). The van der Waals surface area contributed by atoms with Crippen LogP contribution in [0.2, 0.25) is 0 Å². The van der Waals surface area contributed by atoms with Crippen molar-refractivity contribution in [3.63, 3.8) is 0 Å². The number of carbonyl (C=O) groups excluding carboxylic acids is 1. The van der Waals surface area contributed by atoms with Gasteiger partial charge in [0, 0.05) is 12.2 Å². The highest BCUT2D eigenvalue weighted by molar-refractivity contribution is 5.74. The van der Waals surface area contributed by atoms with Gasteiger partial charge in [-0.15, -0.1) is 0 Å². The van der Waals surface area contributed by atoms with Gasteiger partial charge in [-0.3, -0.25) is 4.79 Å². The zero-order valence-electron chi connectivity index (χ0n) is 12.5. The lowest BCUT2D eigenvalue weighted by Crippen LogP contribution is -2.07. The second-order valence-corrected chi connectivity index (χ2v) is 4.92. The number of hydrogen-bond donors (Lipinski definition) is 0. The molecule has 20 heavy (non-hydrogen) atoms. The first-order chi connectivity index (χ1) is 9.86. The number of ether oxygens (including phenoxy) is 2. The van der Waals surface area contributed by atoms with Gasteiger partial charge in [0.25, 0.3) is 0 Å². The molecule has 112 valence electrons. The summed E-state index contributed by atoms with van der Waals surface area (Å²) in [7, 11) is 0. The van der Waals surface area contributed by atoms with Crippen molar-refractivity contribution in [3.05, 3.63) is 29.8 Å². The summed E-state index contributed by atoms with van der Waals surface area (Å²) in [5.41, 5.74) is 0.664. The first-order valence-corrected chi connectivity index (χ1v) is 7.62. The SMILES string of the molecule is CCCCCCCCOCCOc1ccc(C=O)cc1. The normalized spacial score (nSPS) is 10.4. The van der Waals surface area contributed by atoms with Crippen LogP contribution in [0.1, 0.15) is 55.8 Å². The molecular weight excluding hydrogens is 252 g/mol. The van der Waals surface area contributed by atoms with Crippen molar-refractivity contribution in [3.8, 4) is 5.75 Å². The van der Waals surface area contributed by atoms with E-state index in [0.29, 0.717) is 18.8 Å². The summed E-state index contributed by atoms with van der Waals surface area (Å²) in [5, 5.41) is 0. The smallest absolute Gasteiger partial charge is 0.150 e. The predicted octanol–water partition coefficient (Wildman–Crippen LogP) is 4.26. The summed E-state index contributed by atoms with van der Waals surface area (Å²) in [6.07, 6.45) is 8.52. The Kier molecular flexibility index (Phi) is 9.58. The van der Waals surface area contributed by atoms with Crippen molar-refractivity contribution in [2.24, 2.45) is 0 Å². The van der Waals surface area contributed by atoms with E-state index in [1.165, 1.54) is 32.1 Å². The van der Waals surface area contributed by atoms with E-state index in [9.17, 15) is 4.79 Å². The van der Waals surface area contributed by atoms with E-state index in [1.54, 1.807) is 24.3 Å². The Morgan fingerprint density at radius 1 is 0.900 bits per heavy atom. The Hall–Kier alpha value is -1.35. The predicted molar refractivity (Wildman–Crippen MR) is 81.5 cm³/mol. The first kappa shape index (κ1) is 16.7. The lowest BCUT2D eigenvalue weighted by molar-refractivity contribution is 0.0970. The molecule has 0 unspecified atom stereocenters. The van der Waals surface area contributed by atoms with Gasteiger partial charge in [-0.05, 0) is 30.7 Å². The number of unbranched alkanes of at least 4 members (excludes halogenated alkanes) is 5. The fraction of sp³-hybridized carbons (Fsp3) is 0.588. The van der Waals surface area contributed by atoms with Gasteiger partial charge in [0.1, 0.15) is 18.6 Å². The van der Waals surface area contributed by atoms with Crippen LogP contribution >= 0.6 is 0 Å². The molecule has 0 aliphatic heterocycles. The summed E-state index contributed by atoms with van der Waals surface area (Å²) >= 11 is 0. The molecule has 0 heterocycles. The number of aldehydes is 1. The largest absolute Gasteiger partial charge is 0.491 e. The average molecular weight is 278 g/mol. The summed E-state index contributed by atoms with van der Waals surface area (Å²) in [4.78, 5) is 10.5. The molecule has 0 atom stereocenters. The van der Waals surface area contributed by atoms with Crippen molar-refractivity contribution in [1.82, 2.24) is 0 Å². The molecule has 0 amide bonds. The van der Waals surface area contributed by atoms with Crippen LogP contribution in [0.4, 0.5) is 0 Å². The molecule has 0 saturated heterocycles. The average Bonchev–Trinajstić information content (AvgIpc) is 2.50. The molecule has 0 fully saturated rings. The molecular formula is C17H26O3. The lowest BCUT2D eigenvalue weighted by atomic mass is 10.1. The Morgan fingerprint density at radius 2 is 1.60 bits per heavy atom. The molecule has 1 aromatic rings. The van der Waals surface area contributed by atoms with E-state index in [2.05, 4.69) is 6.92 Å². The molecule has 0 N–H and O–H groups in total. The van der Waals surface area contributed by atoms with E-state index >= 15 is 0 Å². The van der Waals surface area contributed by atoms with Crippen LogP contribution in [0, 0.1) is 0 Å². The second kappa shape index (κ2) is 11.5. The monoisotopic (exact) mass is 278 g/mol. The van der Waals surface area contributed by atoms with E-state index < -0.39 is 0 Å². The van der Waals surface area contributed by atoms with Gasteiger partial charge in [0.15, 0.2) is 0 Å². The molecule has 0 aliphatic rings. The minimum atomic E-state index is 0.552. The van der Waals surface area contributed by atoms with Crippen LogP contribution in [0.15, 0.2) is 24.3 Å². The van der Waals surface area contributed by atoms with Gasteiger partial charge in [0.05, 0.1) is 6.61 Å². The maximum atomic E-state index is 10.5. The van der Waals surface area contributed by atoms with E-state index in [4.69, 9.17) is 9.47 Å². The highest BCUT2D eigenvalue weighted by Gasteiger charge is 1.95. The van der Waals surface area contributed by atoms with Gasteiger partial charge < -0.3 is 9.47 Å². The molecule has 0 saturated carbocycles.